The van der Waals surface area contributed by atoms with E-state index >= 15 is 0 Å². The summed E-state index contributed by atoms with van der Waals surface area (Å²) >= 11 is 1.03. The lowest BCUT2D eigenvalue weighted by atomic mass is 10.3. The number of carbonyl (C=O) groups is 1. The summed E-state index contributed by atoms with van der Waals surface area (Å²) in [6.07, 6.45) is -0.250. The summed E-state index contributed by atoms with van der Waals surface area (Å²) in [4.78, 5) is 14.5. The second-order valence-corrected chi connectivity index (χ2v) is 6.43. The summed E-state index contributed by atoms with van der Waals surface area (Å²) < 4.78 is 26.4. The fourth-order valence-electron chi connectivity index (χ4n) is 1.41. The van der Waals surface area contributed by atoms with E-state index in [4.69, 9.17) is 10.8 Å². The van der Waals surface area contributed by atoms with Crippen LogP contribution in [0.3, 0.4) is 0 Å². The molecular weight excluding hydrogens is 302 g/mol. The highest BCUT2D eigenvalue weighted by atomic mass is 32.2. The fraction of sp³-hybridized carbons (Fsp3) is 0.0909. The molecule has 9 heteroatoms. The largest absolute Gasteiger partial charge is 0.481 e. The second kappa shape index (κ2) is 5.47. The maximum atomic E-state index is 12.0. The summed E-state index contributed by atoms with van der Waals surface area (Å²) in [6, 6.07) is 5.71. The molecule has 2 rings (SSSR count). The number of anilines is 2. The van der Waals surface area contributed by atoms with E-state index in [-0.39, 0.29) is 16.4 Å². The Morgan fingerprint density at radius 3 is 2.60 bits per heavy atom. The van der Waals surface area contributed by atoms with E-state index in [0.717, 1.165) is 11.3 Å². The lowest BCUT2D eigenvalue weighted by Crippen LogP contribution is -2.13. The van der Waals surface area contributed by atoms with Gasteiger partial charge in [0, 0.05) is 11.1 Å². The molecule has 0 aliphatic heterocycles. The number of aliphatic carboxylic acids is 1. The minimum absolute atomic E-state index is 0.0571. The Kier molecular flexibility index (Phi) is 3.91. The van der Waals surface area contributed by atoms with E-state index in [2.05, 4.69) is 9.71 Å². The first-order valence-electron chi connectivity index (χ1n) is 5.41. The first kappa shape index (κ1) is 14.3. The van der Waals surface area contributed by atoms with Gasteiger partial charge in [-0.3, -0.25) is 9.52 Å². The Bertz CT molecular complexity index is 722. The molecule has 4 N–H and O–H groups in total. The van der Waals surface area contributed by atoms with E-state index in [1.54, 1.807) is 0 Å². The van der Waals surface area contributed by atoms with Gasteiger partial charge in [0.25, 0.3) is 10.0 Å². The van der Waals surface area contributed by atoms with Crippen molar-refractivity contribution in [3.05, 3.63) is 35.3 Å². The van der Waals surface area contributed by atoms with E-state index in [9.17, 15) is 13.2 Å². The molecule has 106 valence electrons. The van der Waals surface area contributed by atoms with E-state index in [0.29, 0.717) is 11.4 Å². The molecule has 0 bridgehead atoms. The third kappa shape index (κ3) is 3.45. The van der Waals surface area contributed by atoms with E-state index in [1.807, 2.05) is 0 Å². The van der Waals surface area contributed by atoms with Crippen molar-refractivity contribution in [2.75, 3.05) is 10.5 Å². The Morgan fingerprint density at radius 1 is 1.35 bits per heavy atom. The molecule has 1 aromatic carbocycles. The summed E-state index contributed by atoms with van der Waals surface area (Å²) in [6.45, 7) is 0. The Hall–Kier alpha value is -2.13. The number of nitrogens with one attached hydrogen (secondary N) is 1. The summed E-state index contributed by atoms with van der Waals surface area (Å²) in [5.41, 5.74) is 6.25. The number of rotatable bonds is 5. The fourth-order valence-corrected chi connectivity index (χ4v) is 3.37. The van der Waals surface area contributed by atoms with E-state index < -0.39 is 16.0 Å². The van der Waals surface area contributed by atoms with E-state index in [1.165, 1.54) is 29.6 Å². The first-order chi connectivity index (χ1) is 9.37. The molecule has 0 unspecified atom stereocenters. The highest BCUT2D eigenvalue weighted by Crippen LogP contribution is 2.21. The molecule has 0 amide bonds. The summed E-state index contributed by atoms with van der Waals surface area (Å²) in [5, 5.41) is 10.2. The average Bonchev–Trinajstić information content (AvgIpc) is 2.75. The molecule has 0 aliphatic carbocycles. The van der Waals surface area contributed by atoms with Gasteiger partial charge in [0.1, 0.15) is 0 Å². The topological polar surface area (TPSA) is 122 Å². The van der Waals surface area contributed by atoms with Crippen molar-refractivity contribution in [3.8, 4) is 0 Å². The van der Waals surface area contributed by atoms with Gasteiger partial charge in [-0.2, -0.15) is 0 Å². The maximum absolute atomic E-state index is 12.0. The molecular formula is C11H11N3O4S2. The van der Waals surface area contributed by atoms with Crippen LogP contribution in [0.2, 0.25) is 0 Å². The zero-order valence-corrected chi connectivity index (χ0v) is 11.7. The predicted molar refractivity (Wildman–Crippen MR) is 75.1 cm³/mol. The Balaban J connectivity index is 2.18. The van der Waals surface area contributed by atoms with Crippen molar-refractivity contribution < 1.29 is 18.3 Å². The quantitative estimate of drug-likeness (QED) is 0.712. The third-order valence-electron chi connectivity index (χ3n) is 2.30. The average molecular weight is 313 g/mol. The van der Waals surface area contributed by atoms with Gasteiger partial charge in [-0.25, -0.2) is 13.4 Å². The van der Waals surface area contributed by atoms with Gasteiger partial charge in [-0.1, -0.05) is 0 Å². The molecule has 0 spiro atoms. The van der Waals surface area contributed by atoms with Gasteiger partial charge in [0.05, 0.1) is 17.0 Å². The molecule has 0 saturated heterocycles. The summed E-state index contributed by atoms with van der Waals surface area (Å²) in [7, 11) is -3.75. The zero-order valence-electron chi connectivity index (χ0n) is 10.1. The lowest BCUT2D eigenvalue weighted by Gasteiger charge is -2.05. The number of carboxylic acid groups (broad SMARTS) is 1. The molecule has 20 heavy (non-hydrogen) atoms. The molecule has 1 aromatic heterocycles. The van der Waals surface area contributed by atoms with Gasteiger partial charge in [0.2, 0.25) is 0 Å². The van der Waals surface area contributed by atoms with Crippen LogP contribution in [-0.2, 0) is 21.2 Å². The second-order valence-electron chi connectivity index (χ2n) is 3.89. The number of aromatic nitrogens is 1. The number of thiazole rings is 1. The number of nitrogens with two attached hydrogens (primary N) is 1. The van der Waals surface area contributed by atoms with Crippen LogP contribution < -0.4 is 10.5 Å². The van der Waals surface area contributed by atoms with Gasteiger partial charge in [-0.15, -0.1) is 11.3 Å². The van der Waals surface area contributed by atoms with Crippen LogP contribution in [0.5, 0.6) is 0 Å². The monoisotopic (exact) mass is 313 g/mol. The van der Waals surface area contributed by atoms with Crippen LogP contribution in [0.15, 0.2) is 34.5 Å². The minimum atomic E-state index is -3.75. The van der Waals surface area contributed by atoms with Gasteiger partial charge < -0.3 is 10.8 Å². The highest BCUT2D eigenvalue weighted by molar-refractivity contribution is 7.93. The number of hydrogen-bond acceptors (Lipinski definition) is 6. The van der Waals surface area contributed by atoms with Crippen molar-refractivity contribution in [1.82, 2.24) is 4.98 Å². The molecule has 1 heterocycles. The first-order valence-corrected chi connectivity index (χ1v) is 7.77. The highest BCUT2D eigenvalue weighted by Gasteiger charge is 2.16. The van der Waals surface area contributed by atoms with Crippen LogP contribution in [0.4, 0.5) is 10.8 Å². The SMILES string of the molecule is Nc1ccc(S(=O)(=O)Nc2nc(CC(=O)O)cs2)cc1. The molecule has 0 aliphatic rings. The van der Waals surface area contributed by atoms with Gasteiger partial charge in [0.15, 0.2) is 5.13 Å². The van der Waals surface area contributed by atoms with Crippen LogP contribution in [0.1, 0.15) is 5.69 Å². The van der Waals surface area contributed by atoms with Crippen LogP contribution in [-0.4, -0.2) is 24.5 Å². The molecule has 0 fully saturated rings. The predicted octanol–water partition coefficient (Wildman–Crippen LogP) is 1.15. The standard InChI is InChI=1S/C11H11N3O4S2/c12-7-1-3-9(4-2-7)20(17,18)14-11-13-8(6-19-11)5-10(15)16/h1-4,6H,5,12H2,(H,13,14)(H,15,16). The number of nitrogens with zero attached hydrogens (tertiary/aromatic N) is 1. The number of carboxylic acids is 1. The molecule has 0 radical (unpaired) electrons. The third-order valence-corrected chi connectivity index (χ3v) is 4.59. The maximum Gasteiger partial charge on any atom is 0.309 e. The van der Waals surface area contributed by atoms with Gasteiger partial charge >= 0.3 is 5.97 Å². The number of benzene rings is 1. The Morgan fingerprint density at radius 2 is 2.00 bits per heavy atom. The summed E-state index contributed by atoms with van der Waals surface area (Å²) in [5.74, 6) is -1.02. The number of sulfonamides is 1. The van der Waals surface area contributed by atoms with Crippen LogP contribution in [0.25, 0.3) is 0 Å². The van der Waals surface area contributed by atoms with Crippen molar-refractivity contribution >= 4 is 38.1 Å². The van der Waals surface area contributed by atoms with Crippen molar-refractivity contribution in [3.63, 3.8) is 0 Å². The lowest BCUT2D eigenvalue weighted by molar-refractivity contribution is -0.136. The normalized spacial score (nSPS) is 11.2. The van der Waals surface area contributed by atoms with Gasteiger partial charge in [-0.05, 0) is 24.3 Å². The van der Waals surface area contributed by atoms with Crippen LogP contribution in [0, 0.1) is 0 Å². The smallest absolute Gasteiger partial charge is 0.309 e. The number of nitrogen functional groups attached to an aromatic ring is 1. The van der Waals surface area contributed by atoms with Crippen molar-refractivity contribution in [2.45, 2.75) is 11.3 Å². The molecule has 7 nitrogen and oxygen atoms in total. The molecule has 0 saturated carbocycles. The number of hydrogen-bond donors (Lipinski definition) is 3. The Labute approximate surface area is 119 Å². The molecule has 0 atom stereocenters. The van der Waals surface area contributed by atoms with Crippen molar-refractivity contribution in [2.24, 2.45) is 0 Å². The zero-order chi connectivity index (χ0) is 14.8. The van der Waals surface area contributed by atoms with Crippen LogP contribution >= 0.6 is 11.3 Å². The van der Waals surface area contributed by atoms with Crippen molar-refractivity contribution in [1.29, 1.82) is 0 Å². The minimum Gasteiger partial charge on any atom is -0.481 e. The molecule has 2 aromatic rings.